The molecule has 1 N–H and O–H groups in total. The summed E-state index contributed by atoms with van der Waals surface area (Å²) in [6.07, 6.45) is 5.50. The molecule has 2 unspecified atom stereocenters. The van der Waals surface area contributed by atoms with E-state index < -0.39 is 17.5 Å². The summed E-state index contributed by atoms with van der Waals surface area (Å²) in [6, 6.07) is 13.0. The van der Waals surface area contributed by atoms with E-state index in [1.165, 1.54) is 6.07 Å². The molecule has 3 aliphatic rings. The lowest BCUT2D eigenvalue weighted by atomic mass is 9.92. The second kappa shape index (κ2) is 7.58. The summed E-state index contributed by atoms with van der Waals surface area (Å²) in [4.78, 5) is 42.0. The Labute approximate surface area is 185 Å². The zero-order chi connectivity index (χ0) is 22.5. The number of imide groups is 1. The van der Waals surface area contributed by atoms with Crippen LogP contribution in [-0.2, 0) is 21.7 Å². The number of urea groups is 1. The van der Waals surface area contributed by atoms with Crippen molar-refractivity contribution in [2.24, 2.45) is 5.92 Å². The molecule has 2 aliphatic carbocycles. The Morgan fingerprint density at radius 1 is 1.19 bits per heavy atom. The highest BCUT2D eigenvalue weighted by molar-refractivity contribution is 6.12. The molecule has 6 nitrogen and oxygen atoms in total. The van der Waals surface area contributed by atoms with Crippen LogP contribution in [0.1, 0.15) is 36.5 Å². The van der Waals surface area contributed by atoms with Gasteiger partial charge in [0.2, 0.25) is 5.91 Å². The second-order valence-electron chi connectivity index (χ2n) is 8.74. The predicted octanol–water partition coefficient (Wildman–Crippen LogP) is 3.43. The maximum Gasteiger partial charge on any atom is 0.326 e. The van der Waals surface area contributed by atoms with Crippen LogP contribution in [0.2, 0.25) is 0 Å². The molecule has 0 aromatic heterocycles. The van der Waals surface area contributed by atoms with E-state index in [2.05, 4.69) is 5.32 Å². The first kappa shape index (κ1) is 20.4. The molecule has 2 aromatic carbocycles. The van der Waals surface area contributed by atoms with Crippen molar-refractivity contribution in [1.82, 2.24) is 15.1 Å². The summed E-state index contributed by atoms with van der Waals surface area (Å²) in [5, 5.41) is 2.77. The molecule has 2 atom stereocenters. The third-order valence-electron chi connectivity index (χ3n) is 6.74. The summed E-state index contributed by atoms with van der Waals surface area (Å²) < 4.78 is 14.3. The van der Waals surface area contributed by atoms with Gasteiger partial charge >= 0.3 is 6.03 Å². The van der Waals surface area contributed by atoms with Crippen LogP contribution in [0, 0.1) is 11.7 Å². The molecular weight excluding hydrogens is 409 g/mol. The Morgan fingerprint density at radius 2 is 1.91 bits per heavy atom. The molecule has 5 rings (SSSR count). The molecule has 1 heterocycles. The van der Waals surface area contributed by atoms with E-state index in [1.54, 1.807) is 41.3 Å². The van der Waals surface area contributed by atoms with Gasteiger partial charge in [0.15, 0.2) is 5.54 Å². The van der Waals surface area contributed by atoms with Gasteiger partial charge in [-0.15, -0.1) is 0 Å². The van der Waals surface area contributed by atoms with Crippen molar-refractivity contribution in [3.63, 3.8) is 0 Å². The second-order valence-corrected chi connectivity index (χ2v) is 8.74. The zero-order valence-electron chi connectivity index (χ0n) is 17.8. The maximum absolute atomic E-state index is 14.3. The third kappa shape index (κ3) is 3.28. The topological polar surface area (TPSA) is 69.7 Å². The van der Waals surface area contributed by atoms with Crippen molar-refractivity contribution >= 4 is 23.9 Å². The van der Waals surface area contributed by atoms with E-state index in [4.69, 9.17) is 0 Å². The van der Waals surface area contributed by atoms with Gasteiger partial charge in [0.05, 0.1) is 0 Å². The molecule has 164 valence electrons. The Bertz CT molecular complexity index is 1140. The predicted molar refractivity (Wildman–Crippen MR) is 117 cm³/mol. The highest BCUT2D eigenvalue weighted by Gasteiger charge is 2.54. The van der Waals surface area contributed by atoms with Crippen LogP contribution < -0.4 is 5.32 Å². The molecular formula is C25H24FN3O3. The fourth-order valence-electron chi connectivity index (χ4n) is 4.67. The van der Waals surface area contributed by atoms with Crippen molar-refractivity contribution in [2.75, 3.05) is 6.54 Å². The highest BCUT2D eigenvalue weighted by atomic mass is 19.1. The standard InChI is InChI=1S/C25H24FN3O3/c1-16(17-10-11-17)28(14-19-7-3-5-9-21(19)26)22(30)15-29-23(31)25(27-24(29)32)13-12-18-6-2-4-8-20(18)25/h2-9,12-13,16-17H,10-11,14-15H2,1H3,(H,27,32). The number of benzene rings is 2. The van der Waals surface area contributed by atoms with Crippen molar-refractivity contribution < 1.29 is 18.8 Å². The molecule has 32 heavy (non-hydrogen) atoms. The van der Waals surface area contributed by atoms with Gasteiger partial charge < -0.3 is 10.2 Å². The van der Waals surface area contributed by atoms with Crippen LogP contribution in [0.15, 0.2) is 54.6 Å². The minimum absolute atomic E-state index is 0.0979. The Kier molecular flexibility index (Phi) is 4.84. The van der Waals surface area contributed by atoms with E-state index in [-0.39, 0.29) is 30.9 Å². The third-order valence-corrected chi connectivity index (χ3v) is 6.74. The number of hydrogen-bond donors (Lipinski definition) is 1. The smallest absolute Gasteiger partial charge is 0.326 e. The summed E-state index contributed by atoms with van der Waals surface area (Å²) >= 11 is 0. The van der Waals surface area contributed by atoms with E-state index in [1.807, 2.05) is 25.1 Å². The van der Waals surface area contributed by atoms with Crippen LogP contribution in [0.3, 0.4) is 0 Å². The van der Waals surface area contributed by atoms with Gasteiger partial charge in [-0.05, 0) is 49.0 Å². The fourth-order valence-corrected chi connectivity index (χ4v) is 4.67. The average molecular weight is 433 g/mol. The van der Waals surface area contributed by atoms with Crippen LogP contribution in [0.5, 0.6) is 0 Å². The van der Waals surface area contributed by atoms with Crippen molar-refractivity contribution in [3.05, 3.63) is 77.1 Å². The fraction of sp³-hybridized carbons (Fsp3) is 0.320. The van der Waals surface area contributed by atoms with Crippen LogP contribution >= 0.6 is 0 Å². The Morgan fingerprint density at radius 3 is 2.66 bits per heavy atom. The number of carbonyl (C=O) groups excluding carboxylic acids is 3. The molecule has 2 aromatic rings. The lowest BCUT2D eigenvalue weighted by Crippen LogP contribution is -2.47. The van der Waals surface area contributed by atoms with Gasteiger partial charge in [-0.25, -0.2) is 9.18 Å². The molecule has 7 heteroatoms. The Hall–Kier alpha value is -3.48. The molecule has 2 fully saturated rings. The SMILES string of the molecule is CC(C1CC1)N(Cc1ccccc1F)C(=O)CN1C(=O)NC2(C=Cc3ccccc32)C1=O. The van der Waals surface area contributed by atoms with E-state index in [0.717, 1.165) is 23.3 Å². The monoisotopic (exact) mass is 433 g/mol. The van der Waals surface area contributed by atoms with Gasteiger partial charge in [-0.3, -0.25) is 14.5 Å². The lowest BCUT2D eigenvalue weighted by Gasteiger charge is -2.31. The van der Waals surface area contributed by atoms with Gasteiger partial charge in [0.25, 0.3) is 5.91 Å². The average Bonchev–Trinajstić information content (AvgIpc) is 3.54. The van der Waals surface area contributed by atoms with E-state index in [0.29, 0.717) is 17.0 Å². The first-order valence-electron chi connectivity index (χ1n) is 10.9. The van der Waals surface area contributed by atoms with Crippen LogP contribution in [0.25, 0.3) is 6.08 Å². The number of carbonyl (C=O) groups is 3. The first-order valence-corrected chi connectivity index (χ1v) is 10.9. The quantitative estimate of drug-likeness (QED) is 0.710. The largest absolute Gasteiger partial charge is 0.334 e. The van der Waals surface area contributed by atoms with E-state index >= 15 is 0 Å². The van der Waals surface area contributed by atoms with Gasteiger partial charge in [0, 0.05) is 18.2 Å². The van der Waals surface area contributed by atoms with Gasteiger partial charge in [-0.1, -0.05) is 48.5 Å². The summed E-state index contributed by atoms with van der Waals surface area (Å²) in [7, 11) is 0. The van der Waals surface area contributed by atoms with Gasteiger partial charge in [0.1, 0.15) is 12.4 Å². The molecule has 0 radical (unpaired) electrons. The summed E-state index contributed by atoms with van der Waals surface area (Å²) in [5.41, 5.74) is 0.697. The maximum atomic E-state index is 14.3. The van der Waals surface area contributed by atoms with Crippen molar-refractivity contribution in [3.8, 4) is 0 Å². The molecule has 1 saturated heterocycles. The molecule has 0 bridgehead atoms. The van der Waals surface area contributed by atoms with Gasteiger partial charge in [-0.2, -0.15) is 0 Å². The molecule has 4 amide bonds. The number of amides is 4. The first-order chi connectivity index (χ1) is 15.4. The van der Waals surface area contributed by atoms with E-state index in [9.17, 15) is 18.8 Å². The van der Waals surface area contributed by atoms with Crippen LogP contribution in [-0.4, -0.2) is 40.2 Å². The number of nitrogens with zero attached hydrogens (tertiary/aromatic N) is 2. The lowest BCUT2D eigenvalue weighted by molar-refractivity contribution is -0.140. The number of rotatable bonds is 6. The minimum Gasteiger partial charge on any atom is -0.334 e. The van der Waals surface area contributed by atoms with Crippen molar-refractivity contribution in [2.45, 2.75) is 37.9 Å². The molecule has 1 aliphatic heterocycles. The molecule has 1 saturated carbocycles. The summed E-state index contributed by atoms with van der Waals surface area (Å²) in [6.45, 7) is 1.66. The number of halogens is 1. The van der Waals surface area contributed by atoms with Crippen molar-refractivity contribution in [1.29, 1.82) is 0 Å². The highest BCUT2D eigenvalue weighted by Crippen LogP contribution is 2.39. The zero-order valence-corrected chi connectivity index (χ0v) is 17.8. The molecule has 1 spiro atoms. The summed E-state index contributed by atoms with van der Waals surface area (Å²) in [5.74, 6) is -0.870. The van der Waals surface area contributed by atoms with Crippen LogP contribution in [0.4, 0.5) is 9.18 Å². The number of nitrogens with one attached hydrogen (secondary N) is 1. The number of fused-ring (bicyclic) bond motifs is 2. The Balaban J connectivity index is 1.39. The number of hydrogen-bond acceptors (Lipinski definition) is 3. The normalized spacial score (nSPS) is 22.2. The minimum atomic E-state index is -1.27.